The molecule has 174 valence electrons. The van der Waals surface area contributed by atoms with Crippen molar-refractivity contribution in [1.82, 2.24) is 14.9 Å². The summed E-state index contributed by atoms with van der Waals surface area (Å²) in [4.78, 5) is 10.5. The molecular weight excluding hydrogens is 433 g/mol. The van der Waals surface area contributed by atoms with Crippen LogP contribution in [0, 0.1) is 5.92 Å². The van der Waals surface area contributed by atoms with Crippen molar-refractivity contribution in [2.75, 3.05) is 5.73 Å². The number of aromatic nitrogens is 2. The molecule has 2 N–H and O–H groups in total. The molecule has 0 unspecified atom stereocenters. The van der Waals surface area contributed by atoms with Gasteiger partial charge in [0.1, 0.15) is 5.76 Å². The van der Waals surface area contributed by atoms with Crippen molar-refractivity contribution >= 4 is 11.4 Å². The van der Waals surface area contributed by atoms with E-state index < -0.39 is 12.1 Å². The molecule has 33 heavy (non-hydrogen) atoms. The molecule has 4 fully saturated rings. The molecule has 9 heteroatoms. The molecule has 2 aromatic heterocycles. The second-order valence-corrected chi connectivity index (χ2v) is 9.88. The van der Waals surface area contributed by atoms with Crippen molar-refractivity contribution in [1.29, 1.82) is 0 Å². The Morgan fingerprint density at radius 3 is 2.64 bits per heavy atom. The Balaban J connectivity index is 1.34. The standard InChI is InChI=1S/C24H25F3N4O2/c25-24(26,27)33-19-7-17(8-30-21(19)28)16-3-1-2-4-18(15-5-6-15)31(10-16)23-11-22(12-23,13-23)20-9-29-14-32-20/h4,7-10,14-15H,1-3,5-6,11-13H2,(H2,28,30)/b16-10+,18-4-. The summed E-state index contributed by atoms with van der Waals surface area (Å²) in [5, 5.41) is 0. The number of nitrogens with two attached hydrogens (primary N) is 1. The van der Waals surface area contributed by atoms with E-state index in [1.54, 1.807) is 6.20 Å². The van der Waals surface area contributed by atoms with Crippen LogP contribution >= 0.6 is 0 Å². The fraction of sp³-hybridized carbons (Fsp3) is 0.500. The number of halogens is 3. The lowest BCUT2D eigenvalue weighted by atomic mass is 9.38. The van der Waals surface area contributed by atoms with Gasteiger partial charge in [0.2, 0.25) is 0 Å². The van der Waals surface area contributed by atoms with E-state index in [4.69, 9.17) is 10.2 Å². The van der Waals surface area contributed by atoms with Gasteiger partial charge in [-0.2, -0.15) is 0 Å². The minimum absolute atomic E-state index is 0.0241. The van der Waals surface area contributed by atoms with Gasteiger partial charge < -0.3 is 19.8 Å². The molecule has 0 atom stereocenters. The summed E-state index contributed by atoms with van der Waals surface area (Å²) in [6.45, 7) is 0. The van der Waals surface area contributed by atoms with Crippen molar-refractivity contribution in [2.45, 2.75) is 68.7 Å². The van der Waals surface area contributed by atoms with Gasteiger partial charge in [-0.15, -0.1) is 13.2 Å². The lowest BCUT2D eigenvalue weighted by molar-refractivity contribution is -0.274. The number of nitrogens with zero attached hydrogens (tertiary/aromatic N) is 3. The van der Waals surface area contributed by atoms with Crippen LogP contribution in [-0.2, 0) is 5.41 Å². The van der Waals surface area contributed by atoms with Crippen LogP contribution in [0.3, 0.4) is 0 Å². The molecule has 5 aliphatic rings. The van der Waals surface area contributed by atoms with Crippen molar-refractivity contribution in [3.63, 3.8) is 0 Å². The maximum absolute atomic E-state index is 12.8. The lowest BCUT2D eigenvalue weighted by Crippen LogP contribution is -2.75. The number of ether oxygens (including phenoxy) is 1. The first kappa shape index (κ1) is 20.6. The fourth-order valence-corrected chi connectivity index (χ4v) is 5.87. The van der Waals surface area contributed by atoms with Crippen LogP contribution in [0.15, 0.2) is 47.2 Å². The van der Waals surface area contributed by atoms with E-state index in [0.717, 1.165) is 49.9 Å². The highest BCUT2D eigenvalue weighted by molar-refractivity contribution is 5.68. The van der Waals surface area contributed by atoms with E-state index in [-0.39, 0.29) is 16.8 Å². The van der Waals surface area contributed by atoms with Crippen LogP contribution in [0.4, 0.5) is 19.0 Å². The number of rotatable bonds is 5. The summed E-state index contributed by atoms with van der Waals surface area (Å²) >= 11 is 0. The highest BCUT2D eigenvalue weighted by atomic mass is 19.4. The summed E-state index contributed by atoms with van der Waals surface area (Å²) in [6, 6.07) is 1.36. The third-order valence-electron chi connectivity index (χ3n) is 7.51. The fourth-order valence-electron chi connectivity index (χ4n) is 5.87. The van der Waals surface area contributed by atoms with Crippen LogP contribution in [0.5, 0.6) is 5.75 Å². The second-order valence-electron chi connectivity index (χ2n) is 9.88. The largest absolute Gasteiger partial charge is 0.573 e. The number of pyridine rings is 1. The topological polar surface area (TPSA) is 77.4 Å². The van der Waals surface area contributed by atoms with E-state index in [0.29, 0.717) is 11.5 Å². The van der Waals surface area contributed by atoms with Crippen molar-refractivity contribution in [3.05, 3.63) is 54.2 Å². The van der Waals surface area contributed by atoms with Gasteiger partial charge in [-0.1, -0.05) is 6.08 Å². The molecule has 0 aromatic carbocycles. The molecule has 2 bridgehead atoms. The van der Waals surface area contributed by atoms with Gasteiger partial charge in [-0.25, -0.2) is 9.97 Å². The number of alkyl halides is 3. The molecular formula is C24H25F3N4O2. The predicted octanol–water partition coefficient (Wildman–Crippen LogP) is 5.55. The third kappa shape index (κ3) is 3.48. The van der Waals surface area contributed by atoms with Crippen LogP contribution in [0.25, 0.3) is 5.57 Å². The highest BCUT2D eigenvalue weighted by Crippen LogP contribution is 2.71. The van der Waals surface area contributed by atoms with Crippen LogP contribution in [0.1, 0.15) is 62.7 Å². The second kappa shape index (κ2) is 7.01. The minimum Gasteiger partial charge on any atom is -0.448 e. The molecule has 0 saturated heterocycles. The smallest absolute Gasteiger partial charge is 0.448 e. The van der Waals surface area contributed by atoms with Gasteiger partial charge in [0.15, 0.2) is 18.0 Å². The summed E-state index contributed by atoms with van der Waals surface area (Å²) in [5.41, 5.74) is 8.67. The Kier molecular flexibility index (Phi) is 4.38. The number of hydrogen-bond acceptors (Lipinski definition) is 6. The van der Waals surface area contributed by atoms with Gasteiger partial charge in [-0.3, -0.25) is 0 Å². The van der Waals surface area contributed by atoms with Gasteiger partial charge in [0.05, 0.1) is 6.20 Å². The Morgan fingerprint density at radius 2 is 1.97 bits per heavy atom. The molecule has 2 aromatic rings. The first-order valence-electron chi connectivity index (χ1n) is 11.4. The Labute approximate surface area is 189 Å². The maximum Gasteiger partial charge on any atom is 0.573 e. The molecule has 0 spiro atoms. The molecule has 7 rings (SSSR count). The van der Waals surface area contributed by atoms with Crippen molar-refractivity contribution in [3.8, 4) is 5.75 Å². The molecule has 3 heterocycles. The van der Waals surface area contributed by atoms with E-state index in [2.05, 4.69) is 31.9 Å². The van der Waals surface area contributed by atoms with Crippen LogP contribution in [0.2, 0.25) is 0 Å². The molecule has 6 nitrogen and oxygen atoms in total. The molecule has 4 aliphatic carbocycles. The van der Waals surface area contributed by atoms with E-state index in [1.807, 2.05) is 6.20 Å². The number of hydrogen-bond donors (Lipinski definition) is 1. The first-order valence-corrected chi connectivity index (χ1v) is 11.4. The van der Waals surface area contributed by atoms with Crippen LogP contribution in [-0.4, -0.2) is 26.8 Å². The zero-order chi connectivity index (χ0) is 22.8. The van der Waals surface area contributed by atoms with Gasteiger partial charge >= 0.3 is 6.36 Å². The molecule has 0 amide bonds. The Hall–Kier alpha value is -2.97. The quantitative estimate of drug-likeness (QED) is 0.634. The Bertz CT molecular complexity index is 1120. The summed E-state index contributed by atoms with van der Waals surface area (Å²) in [5.74, 6) is 0.785. The maximum atomic E-state index is 12.8. The average Bonchev–Trinajstić information content (AvgIpc) is 3.36. The molecule has 0 radical (unpaired) electrons. The minimum atomic E-state index is -4.82. The number of allylic oxidation sites excluding steroid dienone is 3. The Morgan fingerprint density at radius 1 is 1.18 bits per heavy atom. The zero-order valence-electron chi connectivity index (χ0n) is 18.1. The van der Waals surface area contributed by atoms with E-state index in [9.17, 15) is 13.2 Å². The number of nitrogen functional groups attached to an aromatic ring is 1. The summed E-state index contributed by atoms with van der Waals surface area (Å²) < 4.78 is 48.3. The van der Waals surface area contributed by atoms with Gasteiger partial charge in [-0.05, 0) is 68.9 Å². The number of anilines is 1. The summed E-state index contributed by atoms with van der Waals surface area (Å²) in [6.07, 6.45) is 12.5. The van der Waals surface area contributed by atoms with Gasteiger partial charge in [0.25, 0.3) is 0 Å². The van der Waals surface area contributed by atoms with Crippen LogP contribution < -0.4 is 10.5 Å². The molecule has 4 saturated carbocycles. The van der Waals surface area contributed by atoms with E-state index in [1.165, 1.54) is 31.0 Å². The summed E-state index contributed by atoms with van der Waals surface area (Å²) in [7, 11) is 0. The average molecular weight is 458 g/mol. The van der Waals surface area contributed by atoms with Crippen molar-refractivity contribution < 1.29 is 22.3 Å². The highest BCUT2D eigenvalue weighted by Gasteiger charge is 2.72. The monoisotopic (exact) mass is 458 g/mol. The van der Waals surface area contributed by atoms with E-state index >= 15 is 0 Å². The SMILES string of the molecule is Nc1ncc(/C2=C/N(C34CC(c5cnco5)(C3)C4)/C(C3CC3)=C\CCC2)cc1OC(F)(F)F. The molecule has 1 aliphatic heterocycles. The zero-order valence-corrected chi connectivity index (χ0v) is 18.1. The van der Waals surface area contributed by atoms with Crippen molar-refractivity contribution in [2.24, 2.45) is 5.92 Å². The van der Waals surface area contributed by atoms with Gasteiger partial charge in [0, 0.05) is 34.6 Å². The first-order chi connectivity index (χ1) is 15.8. The normalized spacial score (nSPS) is 32.4. The lowest BCUT2D eigenvalue weighted by Gasteiger charge is -2.73. The predicted molar refractivity (Wildman–Crippen MR) is 115 cm³/mol. The number of oxazole rings is 1. The third-order valence-corrected chi connectivity index (χ3v) is 7.51.